The minimum Gasteiger partial charge on any atom is -0.383 e. The van der Waals surface area contributed by atoms with Crippen molar-refractivity contribution in [1.29, 1.82) is 0 Å². The second-order valence-corrected chi connectivity index (χ2v) is 5.12. The quantitative estimate of drug-likeness (QED) is 0.670. The summed E-state index contributed by atoms with van der Waals surface area (Å²) in [5.41, 5.74) is 0. The van der Waals surface area contributed by atoms with E-state index in [4.69, 9.17) is 4.74 Å². The van der Waals surface area contributed by atoms with Crippen LogP contribution in [0.4, 0.5) is 0 Å². The van der Waals surface area contributed by atoms with Crippen LogP contribution < -0.4 is 5.32 Å². The molecule has 0 aromatic rings. The van der Waals surface area contributed by atoms with Gasteiger partial charge in [-0.05, 0) is 38.1 Å². The van der Waals surface area contributed by atoms with Gasteiger partial charge in [0.05, 0.1) is 13.2 Å². The number of nitrogens with zero attached hydrogens (tertiary/aromatic N) is 1. The van der Waals surface area contributed by atoms with E-state index in [-0.39, 0.29) is 18.3 Å². The average molecular weight is 293 g/mol. The van der Waals surface area contributed by atoms with Gasteiger partial charge in [-0.2, -0.15) is 0 Å². The standard InChI is InChI=1S/C14H28N2O2.ClH/c1-4-13(5-2)16(8-9-18-3)14(17)11-15-10-12-6-7-12;/h12-13,15H,4-11H2,1-3H3;1H. The number of carbonyl (C=O) groups excluding carboxylic acids is 1. The highest BCUT2D eigenvalue weighted by Gasteiger charge is 2.23. The summed E-state index contributed by atoms with van der Waals surface area (Å²) in [6, 6.07) is 0.343. The Labute approximate surface area is 123 Å². The number of hydrogen-bond donors (Lipinski definition) is 1. The lowest BCUT2D eigenvalue weighted by molar-refractivity contribution is -0.133. The molecule has 0 saturated heterocycles. The molecule has 19 heavy (non-hydrogen) atoms. The van der Waals surface area contributed by atoms with Crippen molar-refractivity contribution in [3.63, 3.8) is 0 Å². The Bertz CT molecular complexity index is 244. The van der Waals surface area contributed by atoms with E-state index in [2.05, 4.69) is 19.2 Å². The topological polar surface area (TPSA) is 41.6 Å². The van der Waals surface area contributed by atoms with Crippen molar-refractivity contribution >= 4 is 18.3 Å². The van der Waals surface area contributed by atoms with Crippen LogP contribution in [-0.4, -0.2) is 50.2 Å². The zero-order chi connectivity index (χ0) is 13.4. The van der Waals surface area contributed by atoms with Gasteiger partial charge in [0.1, 0.15) is 0 Å². The fourth-order valence-corrected chi connectivity index (χ4v) is 2.24. The number of nitrogens with one attached hydrogen (secondary N) is 1. The number of halogens is 1. The second-order valence-electron chi connectivity index (χ2n) is 5.12. The molecule has 1 aliphatic rings. The molecule has 0 radical (unpaired) electrons. The zero-order valence-electron chi connectivity index (χ0n) is 12.5. The van der Waals surface area contributed by atoms with Gasteiger partial charge in [0.25, 0.3) is 0 Å². The summed E-state index contributed by atoms with van der Waals surface area (Å²) >= 11 is 0. The van der Waals surface area contributed by atoms with Crippen LogP contribution in [0.25, 0.3) is 0 Å². The Balaban J connectivity index is 0.00000324. The molecular formula is C14H29ClN2O2. The molecule has 0 aromatic carbocycles. The van der Waals surface area contributed by atoms with Crippen molar-refractivity contribution < 1.29 is 9.53 Å². The minimum absolute atomic E-state index is 0. The molecule has 0 aliphatic heterocycles. The summed E-state index contributed by atoms with van der Waals surface area (Å²) in [6.45, 7) is 7.05. The van der Waals surface area contributed by atoms with Crippen LogP contribution in [0.5, 0.6) is 0 Å². The first-order chi connectivity index (χ1) is 8.72. The molecule has 0 aromatic heterocycles. The van der Waals surface area contributed by atoms with Crippen LogP contribution in [0, 0.1) is 5.92 Å². The van der Waals surface area contributed by atoms with E-state index in [1.165, 1.54) is 12.8 Å². The van der Waals surface area contributed by atoms with Crippen molar-refractivity contribution in [3.05, 3.63) is 0 Å². The number of hydrogen-bond acceptors (Lipinski definition) is 3. The molecule has 0 unspecified atom stereocenters. The van der Waals surface area contributed by atoms with Gasteiger partial charge in [-0.3, -0.25) is 4.79 Å². The molecular weight excluding hydrogens is 264 g/mol. The maximum Gasteiger partial charge on any atom is 0.236 e. The monoisotopic (exact) mass is 292 g/mol. The molecule has 1 aliphatic carbocycles. The van der Waals surface area contributed by atoms with Crippen LogP contribution in [0.3, 0.4) is 0 Å². The number of amides is 1. The van der Waals surface area contributed by atoms with Gasteiger partial charge in [-0.25, -0.2) is 0 Å². The Morgan fingerprint density at radius 2 is 2.00 bits per heavy atom. The molecule has 1 saturated carbocycles. The third-order valence-electron chi connectivity index (χ3n) is 3.65. The summed E-state index contributed by atoms with van der Waals surface area (Å²) < 4.78 is 5.10. The average Bonchev–Trinajstić information content (AvgIpc) is 3.18. The number of methoxy groups -OCH3 is 1. The van der Waals surface area contributed by atoms with Gasteiger partial charge in [0, 0.05) is 19.7 Å². The van der Waals surface area contributed by atoms with E-state index < -0.39 is 0 Å². The van der Waals surface area contributed by atoms with Gasteiger partial charge >= 0.3 is 0 Å². The van der Waals surface area contributed by atoms with Crippen molar-refractivity contribution in [2.45, 2.75) is 45.6 Å². The maximum absolute atomic E-state index is 12.2. The number of carbonyl (C=O) groups is 1. The lowest BCUT2D eigenvalue weighted by Gasteiger charge is -2.30. The van der Waals surface area contributed by atoms with Crippen LogP contribution in [0.2, 0.25) is 0 Å². The van der Waals surface area contributed by atoms with Crippen LogP contribution >= 0.6 is 12.4 Å². The van der Waals surface area contributed by atoms with E-state index in [1.807, 2.05) is 4.90 Å². The fourth-order valence-electron chi connectivity index (χ4n) is 2.24. The second kappa shape index (κ2) is 10.5. The predicted octanol–water partition coefficient (Wildman–Crippen LogP) is 2.07. The van der Waals surface area contributed by atoms with Crippen LogP contribution in [0.15, 0.2) is 0 Å². The maximum atomic E-state index is 12.2. The van der Waals surface area contributed by atoms with Gasteiger partial charge in [0.2, 0.25) is 5.91 Å². The molecule has 114 valence electrons. The smallest absolute Gasteiger partial charge is 0.236 e. The molecule has 4 nitrogen and oxygen atoms in total. The Hall–Kier alpha value is -0.320. The molecule has 1 fully saturated rings. The normalized spacial score (nSPS) is 14.3. The van der Waals surface area contributed by atoms with E-state index >= 15 is 0 Å². The van der Waals surface area contributed by atoms with Crippen LogP contribution in [-0.2, 0) is 9.53 Å². The van der Waals surface area contributed by atoms with Crippen molar-refractivity contribution in [2.24, 2.45) is 5.92 Å². The first kappa shape index (κ1) is 18.7. The first-order valence-corrected chi connectivity index (χ1v) is 7.22. The molecule has 0 bridgehead atoms. The lowest BCUT2D eigenvalue weighted by atomic mass is 10.1. The molecule has 1 N–H and O–H groups in total. The van der Waals surface area contributed by atoms with Gasteiger partial charge < -0.3 is 15.0 Å². The predicted molar refractivity (Wildman–Crippen MR) is 80.8 cm³/mol. The Kier molecular flexibility index (Phi) is 10.3. The third kappa shape index (κ3) is 7.14. The first-order valence-electron chi connectivity index (χ1n) is 7.22. The Morgan fingerprint density at radius 1 is 1.37 bits per heavy atom. The number of ether oxygens (including phenoxy) is 1. The van der Waals surface area contributed by atoms with E-state index in [0.29, 0.717) is 25.7 Å². The fraction of sp³-hybridized carbons (Fsp3) is 0.929. The molecule has 0 spiro atoms. The van der Waals surface area contributed by atoms with Gasteiger partial charge in [-0.15, -0.1) is 12.4 Å². The zero-order valence-corrected chi connectivity index (χ0v) is 13.3. The lowest BCUT2D eigenvalue weighted by Crippen LogP contribution is -2.46. The SMILES string of the molecule is CCC(CC)N(CCOC)C(=O)CNCC1CC1.Cl. The molecule has 0 heterocycles. The molecule has 0 atom stereocenters. The van der Waals surface area contributed by atoms with E-state index in [0.717, 1.165) is 25.3 Å². The highest BCUT2D eigenvalue weighted by molar-refractivity contribution is 5.85. The minimum atomic E-state index is 0. The summed E-state index contributed by atoms with van der Waals surface area (Å²) in [6.07, 6.45) is 4.66. The molecule has 1 rings (SSSR count). The van der Waals surface area contributed by atoms with Gasteiger partial charge in [-0.1, -0.05) is 13.8 Å². The summed E-state index contributed by atoms with van der Waals surface area (Å²) in [4.78, 5) is 14.2. The third-order valence-corrected chi connectivity index (χ3v) is 3.65. The molecule has 1 amide bonds. The van der Waals surface area contributed by atoms with Crippen molar-refractivity contribution in [3.8, 4) is 0 Å². The van der Waals surface area contributed by atoms with Crippen molar-refractivity contribution in [2.75, 3.05) is 33.4 Å². The summed E-state index contributed by atoms with van der Waals surface area (Å²) in [5, 5.41) is 3.28. The largest absolute Gasteiger partial charge is 0.383 e. The van der Waals surface area contributed by atoms with Crippen LogP contribution in [0.1, 0.15) is 39.5 Å². The highest BCUT2D eigenvalue weighted by atomic mass is 35.5. The highest BCUT2D eigenvalue weighted by Crippen LogP contribution is 2.27. The molecule has 5 heteroatoms. The van der Waals surface area contributed by atoms with Gasteiger partial charge in [0.15, 0.2) is 0 Å². The van der Waals surface area contributed by atoms with E-state index in [9.17, 15) is 4.79 Å². The number of rotatable bonds is 10. The summed E-state index contributed by atoms with van der Waals surface area (Å²) in [5.74, 6) is 1.03. The van der Waals surface area contributed by atoms with Crippen molar-refractivity contribution in [1.82, 2.24) is 10.2 Å². The summed E-state index contributed by atoms with van der Waals surface area (Å²) in [7, 11) is 1.68. The van der Waals surface area contributed by atoms with E-state index in [1.54, 1.807) is 7.11 Å². The Morgan fingerprint density at radius 3 is 2.47 bits per heavy atom.